The molecule has 1 N–H and O–H groups in total. The number of nitrogens with one attached hydrogen (secondary N) is 1. The SMILES string of the molecule is Cc1ccc2[nH]c(CN(Cc3ccccn3)C[C@@H]3CCCO3)nc2c1C. The molecule has 5 heteroatoms. The zero-order chi connectivity index (χ0) is 17.9. The fraction of sp³-hybridized carbons (Fsp3) is 0.429. The lowest BCUT2D eigenvalue weighted by molar-refractivity contribution is 0.0667. The molecule has 1 atom stereocenters. The van der Waals surface area contributed by atoms with Crippen LogP contribution in [0.2, 0.25) is 0 Å². The number of hydrogen-bond acceptors (Lipinski definition) is 4. The Morgan fingerprint density at radius 3 is 2.88 bits per heavy atom. The first kappa shape index (κ1) is 17.2. The predicted molar refractivity (Wildman–Crippen MR) is 103 cm³/mol. The predicted octanol–water partition coefficient (Wildman–Crippen LogP) is 3.76. The van der Waals surface area contributed by atoms with Crippen molar-refractivity contribution in [2.75, 3.05) is 13.2 Å². The minimum atomic E-state index is 0.312. The Hall–Kier alpha value is -2.24. The van der Waals surface area contributed by atoms with Gasteiger partial charge in [0.25, 0.3) is 0 Å². The van der Waals surface area contributed by atoms with Crippen LogP contribution in [0.4, 0.5) is 0 Å². The second kappa shape index (κ2) is 7.56. The van der Waals surface area contributed by atoms with E-state index < -0.39 is 0 Å². The van der Waals surface area contributed by atoms with E-state index in [0.29, 0.717) is 6.10 Å². The van der Waals surface area contributed by atoms with Gasteiger partial charge >= 0.3 is 0 Å². The number of hydrogen-bond donors (Lipinski definition) is 1. The van der Waals surface area contributed by atoms with E-state index in [0.717, 1.165) is 61.6 Å². The highest BCUT2D eigenvalue weighted by Crippen LogP contribution is 2.21. The Bertz CT molecular complexity index is 868. The standard InChI is InChI=1S/C21H26N4O/c1-15-8-9-19-21(16(15)2)24-20(23-19)14-25(13-18-7-5-11-26-18)12-17-6-3-4-10-22-17/h3-4,6,8-10,18H,5,7,11-14H2,1-2H3,(H,23,24)/t18-/m0/s1. The lowest BCUT2D eigenvalue weighted by atomic mass is 10.1. The van der Waals surface area contributed by atoms with Crippen LogP contribution in [-0.2, 0) is 17.8 Å². The topological polar surface area (TPSA) is 54.0 Å². The van der Waals surface area contributed by atoms with Gasteiger partial charge in [-0.25, -0.2) is 4.98 Å². The molecule has 136 valence electrons. The molecule has 0 amide bonds. The molecule has 4 rings (SSSR count). The molecule has 0 radical (unpaired) electrons. The zero-order valence-corrected chi connectivity index (χ0v) is 15.5. The van der Waals surface area contributed by atoms with E-state index in [-0.39, 0.29) is 0 Å². The average Bonchev–Trinajstić information content (AvgIpc) is 3.29. The Labute approximate surface area is 154 Å². The summed E-state index contributed by atoms with van der Waals surface area (Å²) in [4.78, 5) is 15.2. The molecule has 3 heterocycles. The molecule has 1 saturated heterocycles. The van der Waals surface area contributed by atoms with E-state index in [1.807, 2.05) is 18.3 Å². The molecule has 5 nitrogen and oxygen atoms in total. The normalized spacial score (nSPS) is 17.4. The van der Waals surface area contributed by atoms with Crippen LogP contribution in [0, 0.1) is 13.8 Å². The summed E-state index contributed by atoms with van der Waals surface area (Å²) in [6, 6.07) is 10.3. The van der Waals surface area contributed by atoms with Gasteiger partial charge in [-0.15, -0.1) is 0 Å². The Kier molecular flexibility index (Phi) is 5.00. The van der Waals surface area contributed by atoms with Crippen molar-refractivity contribution in [1.82, 2.24) is 19.9 Å². The molecule has 0 bridgehead atoms. The number of aryl methyl sites for hydroxylation is 2. The van der Waals surface area contributed by atoms with Crippen molar-refractivity contribution in [3.05, 3.63) is 59.2 Å². The maximum Gasteiger partial charge on any atom is 0.121 e. The molecule has 0 aliphatic carbocycles. The first-order valence-electron chi connectivity index (χ1n) is 9.38. The molecule has 0 unspecified atom stereocenters. The van der Waals surface area contributed by atoms with Crippen LogP contribution in [0.25, 0.3) is 11.0 Å². The summed E-state index contributed by atoms with van der Waals surface area (Å²) in [6.07, 6.45) is 4.46. The van der Waals surface area contributed by atoms with Crippen molar-refractivity contribution in [3.63, 3.8) is 0 Å². The number of aromatic amines is 1. The third-order valence-electron chi connectivity index (χ3n) is 5.20. The lowest BCUT2D eigenvalue weighted by Crippen LogP contribution is -2.32. The Morgan fingerprint density at radius 2 is 2.12 bits per heavy atom. The number of fused-ring (bicyclic) bond motifs is 1. The number of pyridine rings is 1. The van der Waals surface area contributed by atoms with Crippen LogP contribution in [-0.4, -0.2) is 39.1 Å². The van der Waals surface area contributed by atoms with E-state index in [9.17, 15) is 0 Å². The smallest absolute Gasteiger partial charge is 0.121 e. The fourth-order valence-electron chi connectivity index (χ4n) is 3.63. The fourth-order valence-corrected chi connectivity index (χ4v) is 3.63. The molecular weight excluding hydrogens is 324 g/mol. The van der Waals surface area contributed by atoms with E-state index in [1.54, 1.807) is 0 Å². The van der Waals surface area contributed by atoms with Crippen molar-refractivity contribution >= 4 is 11.0 Å². The summed E-state index contributed by atoms with van der Waals surface area (Å²) in [5, 5.41) is 0. The van der Waals surface area contributed by atoms with Gasteiger partial charge in [0, 0.05) is 25.9 Å². The van der Waals surface area contributed by atoms with Gasteiger partial charge in [0.15, 0.2) is 0 Å². The van der Waals surface area contributed by atoms with Crippen LogP contribution in [0.1, 0.15) is 35.5 Å². The summed E-state index contributed by atoms with van der Waals surface area (Å²) < 4.78 is 5.86. The van der Waals surface area contributed by atoms with Crippen molar-refractivity contribution < 1.29 is 4.74 Å². The number of benzene rings is 1. The lowest BCUT2D eigenvalue weighted by Gasteiger charge is -2.24. The van der Waals surface area contributed by atoms with Crippen molar-refractivity contribution in [2.45, 2.75) is 45.9 Å². The monoisotopic (exact) mass is 350 g/mol. The molecule has 0 spiro atoms. The minimum absolute atomic E-state index is 0.312. The molecule has 2 aromatic heterocycles. The van der Waals surface area contributed by atoms with Crippen LogP contribution in [0.3, 0.4) is 0 Å². The molecule has 1 fully saturated rings. The van der Waals surface area contributed by atoms with Crippen LogP contribution >= 0.6 is 0 Å². The van der Waals surface area contributed by atoms with Crippen molar-refractivity contribution in [1.29, 1.82) is 0 Å². The highest BCUT2D eigenvalue weighted by atomic mass is 16.5. The number of aromatic nitrogens is 3. The summed E-state index contributed by atoms with van der Waals surface area (Å²) in [5.41, 5.74) is 5.79. The van der Waals surface area contributed by atoms with E-state index in [4.69, 9.17) is 9.72 Å². The average molecular weight is 350 g/mol. The first-order chi connectivity index (χ1) is 12.7. The third kappa shape index (κ3) is 3.79. The van der Waals surface area contributed by atoms with Gasteiger partial charge < -0.3 is 9.72 Å². The number of H-pyrrole nitrogens is 1. The maximum absolute atomic E-state index is 5.86. The number of ether oxygens (including phenoxy) is 1. The second-order valence-electron chi connectivity index (χ2n) is 7.21. The van der Waals surface area contributed by atoms with Gasteiger partial charge in [-0.3, -0.25) is 9.88 Å². The third-order valence-corrected chi connectivity index (χ3v) is 5.20. The Balaban J connectivity index is 1.56. The number of nitrogens with zero attached hydrogens (tertiary/aromatic N) is 3. The quantitative estimate of drug-likeness (QED) is 0.735. The van der Waals surface area contributed by atoms with E-state index >= 15 is 0 Å². The van der Waals surface area contributed by atoms with Crippen molar-refractivity contribution in [2.24, 2.45) is 0 Å². The van der Waals surface area contributed by atoms with Gasteiger partial charge in [-0.1, -0.05) is 12.1 Å². The second-order valence-corrected chi connectivity index (χ2v) is 7.21. The summed E-state index contributed by atoms with van der Waals surface area (Å²) in [7, 11) is 0. The molecule has 26 heavy (non-hydrogen) atoms. The van der Waals surface area contributed by atoms with Crippen LogP contribution in [0.5, 0.6) is 0 Å². The number of rotatable bonds is 6. The summed E-state index contributed by atoms with van der Waals surface area (Å²) in [6.45, 7) is 7.63. The zero-order valence-electron chi connectivity index (χ0n) is 15.5. The van der Waals surface area contributed by atoms with Gasteiger partial charge in [-0.2, -0.15) is 0 Å². The molecule has 3 aromatic rings. The van der Waals surface area contributed by atoms with Gasteiger partial charge in [-0.05, 0) is 56.0 Å². The summed E-state index contributed by atoms with van der Waals surface area (Å²) >= 11 is 0. The molecule has 1 aliphatic rings. The Morgan fingerprint density at radius 1 is 1.19 bits per heavy atom. The van der Waals surface area contributed by atoms with Crippen LogP contribution in [0.15, 0.2) is 36.5 Å². The highest BCUT2D eigenvalue weighted by molar-refractivity contribution is 5.79. The molecule has 1 aliphatic heterocycles. The molecule has 0 saturated carbocycles. The van der Waals surface area contributed by atoms with E-state index in [1.165, 1.54) is 11.1 Å². The van der Waals surface area contributed by atoms with Gasteiger partial charge in [0.2, 0.25) is 0 Å². The molecular formula is C21H26N4O. The largest absolute Gasteiger partial charge is 0.377 e. The van der Waals surface area contributed by atoms with Crippen LogP contribution < -0.4 is 0 Å². The first-order valence-corrected chi connectivity index (χ1v) is 9.38. The number of imidazole rings is 1. The van der Waals surface area contributed by atoms with Gasteiger partial charge in [0.05, 0.1) is 29.4 Å². The minimum Gasteiger partial charge on any atom is -0.377 e. The van der Waals surface area contributed by atoms with Gasteiger partial charge in [0.1, 0.15) is 5.82 Å². The van der Waals surface area contributed by atoms with Crippen molar-refractivity contribution in [3.8, 4) is 0 Å². The summed E-state index contributed by atoms with van der Waals surface area (Å²) in [5.74, 6) is 1.00. The van der Waals surface area contributed by atoms with E-state index in [2.05, 4.69) is 46.9 Å². The maximum atomic E-state index is 5.86. The molecule has 1 aromatic carbocycles. The highest BCUT2D eigenvalue weighted by Gasteiger charge is 2.21.